The molecule has 0 bridgehead atoms. The lowest BCUT2D eigenvalue weighted by Crippen LogP contribution is -2.42. The van der Waals surface area contributed by atoms with Gasteiger partial charge >= 0.3 is 0 Å². The van der Waals surface area contributed by atoms with Crippen LogP contribution in [0.4, 0.5) is 0 Å². The first kappa shape index (κ1) is 20.2. The molecule has 0 saturated carbocycles. The molecule has 1 aliphatic rings. The maximum Gasteiger partial charge on any atom is 0.275 e. The second-order valence-corrected chi connectivity index (χ2v) is 8.58. The first-order valence-electron chi connectivity index (χ1n) is 9.62. The van der Waals surface area contributed by atoms with Gasteiger partial charge in [-0.05, 0) is 29.8 Å². The summed E-state index contributed by atoms with van der Waals surface area (Å²) in [6.45, 7) is 0.935. The zero-order valence-electron chi connectivity index (χ0n) is 16.9. The molecule has 4 rings (SSSR count). The maximum atomic E-state index is 13.3. The molecule has 1 saturated heterocycles. The predicted octanol–water partition coefficient (Wildman–Crippen LogP) is 2.76. The zero-order chi connectivity index (χ0) is 21.1. The van der Waals surface area contributed by atoms with Crippen molar-refractivity contribution in [1.29, 1.82) is 0 Å². The second-order valence-electron chi connectivity index (χ2n) is 6.88. The molecule has 0 unspecified atom stereocenters. The molecular weight excluding hydrogens is 402 g/mol. The number of rotatable bonds is 5. The third-order valence-electron chi connectivity index (χ3n) is 5.10. The number of para-hydroxylation sites is 1. The number of carbonyl (C=O) groups is 1. The summed E-state index contributed by atoms with van der Waals surface area (Å²) in [5, 5.41) is 4.63. The van der Waals surface area contributed by atoms with E-state index in [2.05, 4.69) is 5.10 Å². The largest absolute Gasteiger partial charge is 0.493 e. The number of ether oxygens (including phenoxy) is 2. The molecule has 0 N–H and O–H groups in total. The summed E-state index contributed by atoms with van der Waals surface area (Å²) in [4.78, 5) is 15.0. The van der Waals surface area contributed by atoms with Crippen LogP contribution in [0.1, 0.15) is 10.5 Å². The number of methoxy groups -OCH3 is 2. The van der Waals surface area contributed by atoms with Crippen LogP contribution >= 0.6 is 0 Å². The maximum absolute atomic E-state index is 13.3. The predicted molar refractivity (Wildman–Crippen MR) is 116 cm³/mol. The van der Waals surface area contributed by atoms with E-state index in [0.29, 0.717) is 47.4 Å². The molecule has 1 fully saturated rings. The fourth-order valence-electron chi connectivity index (χ4n) is 3.45. The summed E-state index contributed by atoms with van der Waals surface area (Å²) in [5.74, 6) is 2.02. The molecule has 2 aromatic carbocycles. The number of benzene rings is 2. The van der Waals surface area contributed by atoms with Gasteiger partial charge < -0.3 is 14.4 Å². The highest BCUT2D eigenvalue weighted by Gasteiger charge is 2.27. The van der Waals surface area contributed by atoms with Crippen molar-refractivity contribution < 1.29 is 18.5 Å². The van der Waals surface area contributed by atoms with Gasteiger partial charge in [0.15, 0.2) is 17.2 Å². The number of hydrogen-bond acceptors (Lipinski definition) is 5. The summed E-state index contributed by atoms with van der Waals surface area (Å²) < 4.78 is 24.2. The minimum atomic E-state index is -0.858. The van der Waals surface area contributed by atoms with Crippen molar-refractivity contribution in [1.82, 2.24) is 14.7 Å². The molecular formula is C22H23N3O4S. The third kappa shape index (κ3) is 3.95. The Morgan fingerprint density at radius 3 is 2.37 bits per heavy atom. The molecule has 1 aliphatic heterocycles. The molecule has 0 radical (unpaired) electrons. The molecule has 3 aromatic rings. The molecule has 30 heavy (non-hydrogen) atoms. The van der Waals surface area contributed by atoms with Gasteiger partial charge in [0.2, 0.25) is 0 Å². The molecule has 0 spiro atoms. The Labute approximate surface area is 177 Å². The Morgan fingerprint density at radius 2 is 1.70 bits per heavy atom. The van der Waals surface area contributed by atoms with E-state index < -0.39 is 10.8 Å². The van der Waals surface area contributed by atoms with Crippen molar-refractivity contribution in [2.45, 2.75) is 0 Å². The van der Waals surface area contributed by atoms with Crippen LogP contribution in [0, 0.1) is 0 Å². The van der Waals surface area contributed by atoms with Gasteiger partial charge in [-0.15, -0.1) is 0 Å². The Morgan fingerprint density at radius 1 is 1.00 bits per heavy atom. The van der Waals surface area contributed by atoms with Crippen LogP contribution in [0.3, 0.4) is 0 Å². The van der Waals surface area contributed by atoms with E-state index in [4.69, 9.17) is 9.47 Å². The van der Waals surface area contributed by atoms with Crippen molar-refractivity contribution in [3.63, 3.8) is 0 Å². The summed E-state index contributed by atoms with van der Waals surface area (Å²) in [6, 6.07) is 15.2. The fourth-order valence-corrected chi connectivity index (χ4v) is 4.50. The Kier molecular flexibility index (Phi) is 5.85. The van der Waals surface area contributed by atoms with Gasteiger partial charge in [0.25, 0.3) is 5.91 Å². The minimum Gasteiger partial charge on any atom is -0.493 e. The Hall–Kier alpha value is -3.13. The second kappa shape index (κ2) is 8.71. The van der Waals surface area contributed by atoms with Crippen LogP contribution in [-0.4, -0.2) is 63.6 Å². The molecule has 7 nitrogen and oxygen atoms in total. The van der Waals surface area contributed by atoms with E-state index >= 15 is 0 Å². The van der Waals surface area contributed by atoms with Crippen LogP contribution < -0.4 is 9.47 Å². The van der Waals surface area contributed by atoms with Crippen molar-refractivity contribution in [2.24, 2.45) is 0 Å². The van der Waals surface area contributed by atoms with Gasteiger partial charge in [-0.2, -0.15) is 5.10 Å². The Balaban J connectivity index is 1.79. The first-order valence-corrected chi connectivity index (χ1v) is 11.1. The van der Waals surface area contributed by atoms with Crippen molar-refractivity contribution in [3.05, 3.63) is 60.4 Å². The molecule has 2 heterocycles. The van der Waals surface area contributed by atoms with Crippen molar-refractivity contribution >= 4 is 16.7 Å². The van der Waals surface area contributed by atoms with Gasteiger partial charge in [-0.3, -0.25) is 9.00 Å². The van der Waals surface area contributed by atoms with Gasteiger partial charge in [-0.25, -0.2) is 4.68 Å². The fraction of sp³-hybridized carbons (Fsp3) is 0.273. The van der Waals surface area contributed by atoms with Crippen LogP contribution in [0.15, 0.2) is 54.7 Å². The van der Waals surface area contributed by atoms with Crippen molar-refractivity contribution in [2.75, 3.05) is 38.8 Å². The smallest absolute Gasteiger partial charge is 0.275 e. The minimum absolute atomic E-state index is 0.161. The van der Waals surface area contributed by atoms with Gasteiger partial charge in [0.05, 0.1) is 19.9 Å². The van der Waals surface area contributed by atoms with E-state index in [1.165, 1.54) is 0 Å². The standard InChI is InChI=1S/C22H23N3O4S/c1-28-19-9-8-16(14-20(19)29-2)18-15-25(17-6-4-3-5-7-17)23-21(18)22(26)24-10-12-30(27)13-11-24/h3-9,14-15H,10-13H2,1-2H3. The summed E-state index contributed by atoms with van der Waals surface area (Å²) in [6.07, 6.45) is 1.85. The van der Waals surface area contributed by atoms with Crippen molar-refractivity contribution in [3.8, 4) is 28.3 Å². The topological polar surface area (TPSA) is 73.7 Å². The Bertz CT molecular complexity index is 1070. The highest BCUT2D eigenvalue weighted by atomic mass is 32.2. The summed E-state index contributed by atoms with van der Waals surface area (Å²) in [5.41, 5.74) is 2.73. The molecule has 1 amide bonds. The van der Waals surface area contributed by atoms with Crippen LogP contribution in [0.25, 0.3) is 16.8 Å². The van der Waals surface area contributed by atoms with Gasteiger partial charge in [0.1, 0.15) is 0 Å². The molecule has 156 valence electrons. The van der Waals surface area contributed by atoms with E-state index in [0.717, 1.165) is 11.3 Å². The molecule has 1 aromatic heterocycles. The number of nitrogens with zero attached hydrogens (tertiary/aromatic N) is 3. The summed E-state index contributed by atoms with van der Waals surface area (Å²) in [7, 11) is 2.30. The van der Waals surface area contributed by atoms with E-state index in [1.807, 2.05) is 54.7 Å². The number of amides is 1. The lowest BCUT2D eigenvalue weighted by Gasteiger charge is -2.25. The quantitative estimate of drug-likeness (QED) is 0.629. The number of hydrogen-bond donors (Lipinski definition) is 0. The zero-order valence-corrected chi connectivity index (χ0v) is 17.7. The highest BCUT2D eigenvalue weighted by Crippen LogP contribution is 2.34. The summed E-state index contributed by atoms with van der Waals surface area (Å²) >= 11 is 0. The average Bonchev–Trinajstić information content (AvgIpc) is 3.24. The highest BCUT2D eigenvalue weighted by molar-refractivity contribution is 7.85. The van der Waals surface area contributed by atoms with Crippen LogP contribution in [-0.2, 0) is 10.8 Å². The van der Waals surface area contributed by atoms with Crippen LogP contribution in [0.2, 0.25) is 0 Å². The van der Waals surface area contributed by atoms with E-state index in [9.17, 15) is 9.00 Å². The first-order chi connectivity index (χ1) is 14.6. The average molecular weight is 426 g/mol. The number of carbonyl (C=O) groups excluding carboxylic acids is 1. The monoisotopic (exact) mass is 425 g/mol. The number of aromatic nitrogens is 2. The van der Waals surface area contributed by atoms with Gasteiger partial charge in [0, 0.05) is 47.2 Å². The molecule has 0 atom stereocenters. The SMILES string of the molecule is COc1ccc(-c2cn(-c3ccccc3)nc2C(=O)N2CCS(=O)CC2)cc1OC. The molecule has 0 aliphatic carbocycles. The van der Waals surface area contributed by atoms with Crippen LogP contribution in [0.5, 0.6) is 11.5 Å². The normalized spacial score (nSPS) is 14.5. The van der Waals surface area contributed by atoms with E-state index in [1.54, 1.807) is 23.8 Å². The third-order valence-corrected chi connectivity index (χ3v) is 6.37. The lowest BCUT2D eigenvalue weighted by atomic mass is 10.0. The lowest BCUT2D eigenvalue weighted by molar-refractivity contribution is 0.0765. The molecule has 8 heteroatoms. The van der Waals surface area contributed by atoms with Gasteiger partial charge in [-0.1, -0.05) is 24.3 Å². The van der Waals surface area contributed by atoms with E-state index in [-0.39, 0.29) is 5.91 Å².